The number of alkyl carbamates (subject to hydrolysis) is 1. The molecule has 15 heavy (non-hydrogen) atoms. The van der Waals surface area contributed by atoms with Gasteiger partial charge in [-0.15, -0.1) is 0 Å². The fraction of sp³-hybridized carbons (Fsp3) is 0.875. The van der Waals surface area contributed by atoms with E-state index in [4.69, 9.17) is 19.3 Å². The van der Waals surface area contributed by atoms with Crippen LogP contribution in [0.4, 0.5) is 4.79 Å². The molecular formula is C8H13NO6. The number of ether oxygens (including phenoxy) is 3. The SMILES string of the molecule is CO[C@H]1O[C@@H](CO)[C@H]2OC(=O)N[C@@H]2[C@H]1O. The second kappa shape index (κ2) is 3.93. The summed E-state index contributed by atoms with van der Waals surface area (Å²) in [4.78, 5) is 11.0. The van der Waals surface area contributed by atoms with Crippen molar-refractivity contribution in [3.8, 4) is 0 Å². The summed E-state index contributed by atoms with van der Waals surface area (Å²) in [6.07, 6.45) is -3.85. The van der Waals surface area contributed by atoms with Crippen LogP contribution in [-0.4, -0.2) is 60.7 Å². The minimum Gasteiger partial charge on any atom is -0.441 e. The smallest absolute Gasteiger partial charge is 0.408 e. The lowest BCUT2D eigenvalue weighted by Gasteiger charge is -2.38. The van der Waals surface area contributed by atoms with E-state index in [2.05, 4.69) is 5.32 Å². The van der Waals surface area contributed by atoms with Gasteiger partial charge in [-0.3, -0.25) is 0 Å². The zero-order valence-corrected chi connectivity index (χ0v) is 8.12. The standard InChI is InChI=1S/C8H13NO6/c1-13-7-5(11)4-6(3(2-10)14-7)15-8(12)9-4/h3-7,10-11H,2H2,1H3,(H,9,12)/t3-,4+,5+,6+,7-/m0/s1. The molecular weight excluding hydrogens is 206 g/mol. The Kier molecular flexibility index (Phi) is 2.79. The van der Waals surface area contributed by atoms with Gasteiger partial charge < -0.3 is 29.7 Å². The number of aliphatic hydroxyl groups is 2. The zero-order chi connectivity index (χ0) is 11.0. The Balaban J connectivity index is 2.16. The fourth-order valence-electron chi connectivity index (χ4n) is 1.88. The molecule has 2 heterocycles. The summed E-state index contributed by atoms with van der Waals surface area (Å²) in [5.41, 5.74) is 0. The van der Waals surface area contributed by atoms with E-state index in [1.807, 2.05) is 0 Å². The first kappa shape index (κ1) is 10.6. The molecule has 0 radical (unpaired) electrons. The predicted molar refractivity (Wildman–Crippen MR) is 46.0 cm³/mol. The summed E-state index contributed by atoms with van der Waals surface area (Å²) in [5.74, 6) is 0. The molecule has 1 amide bonds. The topological polar surface area (TPSA) is 97.3 Å². The molecule has 86 valence electrons. The molecule has 0 bridgehead atoms. The number of rotatable bonds is 2. The van der Waals surface area contributed by atoms with Crippen LogP contribution in [0.5, 0.6) is 0 Å². The highest BCUT2D eigenvalue weighted by atomic mass is 16.7. The number of hydrogen-bond acceptors (Lipinski definition) is 6. The van der Waals surface area contributed by atoms with Gasteiger partial charge in [-0.1, -0.05) is 0 Å². The van der Waals surface area contributed by atoms with E-state index in [1.165, 1.54) is 7.11 Å². The van der Waals surface area contributed by atoms with Crippen LogP contribution >= 0.6 is 0 Å². The van der Waals surface area contributed by atoms with E-state index in [-0.39, 0.29) is 6.61 Å². The lowest BCUT2D eigenvalue weighted by atomic mass is 9.97. The average molecular weight is 219 g/mol. The van der Waals surface area contributed by atoms with Crippen molar-refractivity contribution < 1.29 is 29.2 Å². The molecule has 2 fully saturated rings. The molecule has 2 aliphatic rings. The van der Waals surface area contributed by atoms with Gasteiger partial charge in [0.2, 0.25) is 0 Å². The van der Waals surface area contributed by atoms with Gasteiger partial charge >= 0.3 is 6.09 Å². The molecule has 0 aromatic rings. The maximum Gasteiger partial charge on any atom is 0.408 e. The summed E-state index contributed by atoms with van der Waals surface area (Å²) < 4.78 is 15.0. The first-order chi connectivity index (χ1) is 7.17. The van der Waals surface area contributed by atoms with Gasteiger partial charge in [0.15, 0.2) is 12.4 Å². The third kappa shape index (κ3) is 1.67. The average Bonchev–Trinajstić information content (AvgIpc) is 2.61. The maximum atomic E-state index is 11.0. The fourth-order valence-corrected chi connectivity index (χ4v) is 1.88. The van der Waals surface area contributed by atoms with E-state index in [0.29, 0.717) is 0 Å². The van der Waals surface area contributed by atoms with Crippen LogP contribution in [0.2, 0.25) is 0 Å². The monoisotopic (exact) mass is 219 g/mol. The number of carbonyl (C=O) groups excluding carboxylic acids is 1. The van der Waals surface area contributed by atoms with Gasteiger partial charge in [0, 0.05) is 7.11 Å². The van der Waals surface area contributed by atoms with E-state index >= 15 is 0 Å². The number of hydrogen-bond donors (Lipinski definition) is 3. The number of amides is 1. The molecule has 2 rings (SSSR count). The molecule has 0 aliphatic carbocycles. The Morgan fingerprint density at radius 3 is 2.93 bits per heavy atom. The first-order valence-electron chi connectivity index (χ1n) is 4.61. The van der Waals surface area contributed by atoms with Crippen molar-refractivity contribution in [2.75, 3.05) is 13.7 Å². The van der Waals surface area contributed by atoms with E-state index in [1.54, 1.807) is 0 Å². The Labute approximate surface area is 85.9 Å². The number of aliphatic hydroxyl groups excluding tert-OH is 2. The van der Waals surface area contributed by atoms with E-state index in [0.717, 1.165) is 0 Å². The van der Waals surface area contributed by atoms with Gasteiger partial charge in [-0.25, -0.2) is 4.79 Å². The van der Waals surface area contributed by atoms with Crippen LogP contribution in [0.3, 0.4) is 0 Å². The van der Waals surface area contributed by atoms with Crippen molar-refractivity contribution in [3.63, 3.8) is 0 Å². The Hall–Kier alpha value is -0.890. The van der Waals surface area contributed by atoms with Crippen LogP contribution in [0.25, 0.3) is 0 Å². The number of carbonyl (C=O) groups is 1. The van der Waals surface area contributed by atoms with Crippen molar-refractivity contribution in [1.82, 2.24) is 5.32 Å². The van der Waals surface area contributed by atoms with Crippen LogP contribution < -0.4 is 5.32 Å². The maximum absolute atomic E-state index is 11.0. The van der Waals surface area contributed by atoms with Crippen molar-refractivity contribution in [3.05, 3.63) is 0 Å². The normalized spacial score (nSPS) is 44.5. The highest BCUT2D eigenvalue weighted by Gasteiger charge is 2.51. The molecule has 2 aliphatic heterocycles. The minimum atomic E-state index is -1.01. The summed E-state index contributed by atoms with van der Waals surface area (Å²) in [7, 11) is 1.38. The van der Waals surface area contributed by atoms with E-state index in [9.17, 15) is 9.90 Å². The minimum absolute atomic E-state index is 0.303. The van der Waals surface area contributed by atoms with Crippen LogP contribution in [0.1, 0.15) is 0 Å². The van der Waals surface area contributed by atoms with Crippen LogP contribution in [0, 0.1) is 0 Å². The molecule has 0 aromatic heterocycles. The molecule has 7 heteroatoms. The third-order valence-corrected chi connectivity index (χ3v) is 2.62. The van der Waals surface area contributed by atoms with Gasteiger partial charge in [0.1, 0.15) is 18.2 Å². The molecule has 0 spiro atoms. The summed E-state index contributed by atoms with van der Waals surface area (Å²) in [6.45, 7) is -0.303. The molecule has 2 saturated heterocycles. The summed E-state index contributed by atoms with van der Waals surface area (Å²) in [5, 5.41) is 21.2. The van der Waals surface area contributed by atoms with Crippen molar-refractivity contribution in [1.29, 1.82) is 0 Å². The lowest BCUT2D eigenvalue weighted by Crippen LogP contribution is -2.60. The van der Waals surface area contributed by atoms with Gasteiger partial charge in [-0.2, -0.15) is 0 Å². The Morgan fingerprint density at radius 1 is 1.60 bits per heavy atom. The van der Waals surface area contributed by atoms with Gasteiger partial charge in [0.05, 0.1) is 6.61 Å². The Morgan fingerprint density at radius 2 is 2.33 bits per heavy atom. The van der Waals surface area contributed by atoms with Crippen molar-refractivity contribution in [2.45, 2.75) is 30.6 Å². The summed E-state index contributed by atoms with van der Waals surface area (Å²) >= 11 is 0. The number of methoxy groups -OCH3 is 1. The van der Waals surface area contributed by atoms with Crippen LogP contribution in [0.15, 0.2) is 0 Å². The largest absolute Gasteiger partial charge is 0.441 e. The highest BCUT2D eigenvalue weighted by Crippen LogP contribution is 2.27. The molecule has 0 saturated carbocycles. The van der Waals surface area contributed by atoms with Crippen LogP contribution in [-0.2, 0) is 14.2 Å². The predicted octanol–water partition coefficient (Wildman–Crippen LogP) is -1.81. The van der Waals surface area contributed by atoms with E-state index < -0.39 is 36.7 Å². The van der Waals surface area contributed by atoms with Gasteiger partial charge in [-0.05, 0) is 0 Å². The zero-order valence-electron chi connectivity index (χ0n) is 8.12. The molecule has 7 nitrogen and oxygen atoms in total. The first-order valence-corrected chi connectivity index (χ1v) is 4.61. The number of fused-ring (bicyclic) bond motifs is 1. The second-order valence-electron chi connectivity index (χ2n) is 3.49. The molecule has 0 aromatic carbocycles. The number of nitrogens with one attached hydrogen (secondary N) is 1. The Bertz CT molecular complexity index is 260. The highest BCUT2D eigenvalue weighted by molar-refractivity contribution is 5.70. The quantitative estimate of drug-likeness (QED) is 0.506. The molecule has 0 unspecified atom stereocenters. The molecule has 5 atom stereocenters. The lowest BCUT2D eigenvalue weighted by molar-refractivity contribution is -0.261. The second-order valence-corrected chi connectivity index (χ2v) is 3.49. The van der Waals surface area contributed by atoms with Crippen molar-refractivity contribution >= 4 is 6.09 Å². The van der Waals surface area contributed by atoms with Crippen molar-refractivity contribution in [2.24, 2.45) is 0 Å². The summed E-state index contributed by atoms with van der Waals surface area (Å²) in [6, 6.07) is -0.603. The van der Waals surface area contributed by atoms with Gasteiger partial charge in [0.25, 0.3) is 0 Å². The third-order valence-electron chi connectivity index (χ3n) is 2.62. The molecule has 3 N–H and O–H groups in total.